The Morgan fingerprint density at radius 1 is 0.633 bits per heavy atom. The molecule has 3 fully saturated rings. The second-order valence-corrected chi connectivity index (χ2v) is 8.36. The summed E-state index contributed by atoms with van der Waals surface area (Å²) in [5.41, 5.74) is 0. The highest BCUT2D eigenvalue weighted by Gasteiger charge is 2.44. The molecule has 0 saturated carbocycles. The van der Waals surface area contributed by atoms with E-state index in [4.69, 9.17) is 33.2 Å². The molecule has 3 rings (SSSR count). The van der Waals surface area contributed by atoms with E-state index in [9.17, 15) is 15.3 Å². The monoisotopic (exact) mass is 436 g/mol. The number of hydrogen-bond donors (Lipinski definition) is 3. The molecule has 3 heterocycles. The van der Waals surface area contributed by atoms with Gasteiger partial charge in [0, 0.05) is 33.5 Å². The van der Waals surface area contributed by atoms with Crippen LogP contribution < -0.4 is 0 Å². The number of hydrogen-bond acceptors (Lipinski definition) is 10. The first-order valence-corrected chi connectivity index (χ1v) is 10.6. The van der Waals surface area contributed by atoms with Gasteiger partial charge in [-0.05, 0) is 20.8 Å². The Morgan fingerprint density at radius 3 is 1.63 bits per heavy atom. The SMILES string of the molecule is CO[C@H]1[C@@H](OC)C[C@H](O[C@H]2[C@@H](O)C[C@H](O[C@H]3[C@@H](O)CC(O)O[C@@H]3C)O[C@@H]2C)O[C@@H]1C. The Labute approximate surface area is 177 Å². The molecule has 0 spiro atoms. The number of methoxy groups -OCH3 is 2. The van der Waals surface area contributed by atoms with Crippen LogP contribution in [0.15, 0.2) is 0 Å². The zero-order valence-electron chi connectivity index (χ0n) is 18.2. The van der Waals surface area contributed by atoms with Gasteiger partial charge in [0.15, 0.2) is 18.9 Å². The minimum atomic E-state index is -1.02. The Hall–Kier alpha value is -0.400. The molecule has 3 aliphatic heterocycles. The van der Waals surface area contributed by atoms with Crippen molar-refractivity contribution in [2.75, 3.05) is 14.2 Å². The molecule has 12 atom stereocenters. The summed E-state index contributed by atoms with van der Waals surface area (Å²) in [6.07, 6.45) is -6.18. The van der Waals surface area contributed by atoms with Crippen LogP contribution in [0.4, 0.5) is 0 Å². The van der Waals surface area contributed by atoms with Gasteiger partial charge in [-0.1, -0.05) is 0 Å². The minimum Gasteiger partial charge on any atom is -0.390 e. The van der Waals surface area contributed by atoms with Gasteiger partial charge >= 0.3 is 0 Å². The lowest BCUT2D eigenvalue weighted by Gasteiger charge is -2.44. The zero-order chi connectivity index (χ0) is 22.0. The average Bonchev–Trinajstić information content (AvgIpc) is 2.67. The second kappa shape index (κ2) is 10.5. The predicted octanol–water partition coefficient (Wildman–Crippen LogP) is -0.0944. The summed E-state index contributed by atoms with van der Waals surface area (Å²) in [7, 11) is 3.24. The number of aliphatic hydroxyl groups is 3. The van der Waals surface area contributed by atoms with Gasteiger partial charge < -0.3 is 48.5 Å². The summed E-state index contributed by atoms with van der Waals surface area (Å²) in [4.78, 5) is 0. The molecule has 3 aliphatic rings. The van der Waals surface area contributed by atoms with Crippen LogP contribution in [0.25, 0.3) is 0 Å². The van der Waals surface area contributed by atoms with Crippen molar-refractivity contribution in [2.24, 2.45) is 0 Å². The first-order chi connectivity index (χ1) is 14.2. The van der Waals surface area contributed by atoms with E-state index in [0.29, 0.717) is 6.42 Å². The van der Waals surface area contributed by atoms with Gasteiger partial charge in [0.25, 0.3) is 0 Å². The van der Waals surface area contributed by atoms with Crippen LogP contribution in [-0.2, 0) is 33.2 Å². The normalized spacial score (nSPS) is 50.4. The van der Waals surface area contributed by atoms with Gasteiger partial charge in [-0.25, -0.2) is 0 Å². The smallest absolute Gasteiger partial charge is 0.161 e. The number of ether oxygens (including phenoxy) is 7. The van der Waals surface area contributed by atoms with E-state index in [2.05, 4.69) is 0 Å². The minimum absolute atomic E-state index is 0.0614. The fraction of sp³-hybridized carbons (Fsp3) is 1.00. The third kappa shape index (κ3) is 5.50. The molecule has 0 amide bonds. The molecular formula is C20H36O10. The van der Waals surface area contributed by atoms with Crippen LogP contribution in [0, 0.1) is 0 Å². The predicted molar refractivity (Wildman–Crippen MR) is 102 cm³/mol. The molecule has 176 valence electrons. The van der Waals surface area contributed by atoms with Crippen molar-refractivity contribution in [3.05, 3.63) is 0 Å². The summed E-state index contributed by atoms with van der Waals surface area (Å²) in [6, 6.07) is 0. The molecule has 3 saturated heterocycles. The lowest BCUT2D eigenvalue weighted by atomic mass is 9.99. The maximum absolute atomic E-state index is 10.7. The molecule has 30 heavy (non-hydrogen) atoms. The van der Waals surface area contributed by atoms with Gasteiger partial charge in [0.05, 0.1) is 36.6 Å². The third-order valence-corrected chi connectivity index (χ3v) is 6.11. The van der Waals surface area contributed by atoms with E-state index in [1.807, 2.05) is 6.92 Å². The summed E-state index contributed by atoms with van der Waals surface area (Å²) in [5, 5.41) is 30.5. The Balaban J connectivity index is 1.55. The molecule has 0 radical (unpaired) electrons. The standard InChI is InChI=1S/C20H36O10/c1-9-18(12(21)6-15(23)26-9)29-16-7-13(22)19(10(2)27-16)30-17-8-14(24-4)20(25-5)11(3)28-17/h9-23H,6-8H2,1-5H3/t9-,10-,11-,12+,13+,14+,15?,16+,17+,18-,19-,20-/m1/s1. The van der Waals surface area contributed by atoms with E-state index in [0.717, 1.165) is 0 Å². The van der Waals surface area contributed by atoms with Gasteiger partial charge in [0.1, 0.15) is 18.3 Å². The maximum atomic E-state index is 10.7. The van der Waals surface area contributed by atoms with Crippen molar-refractivity contribution >= 4 is 0 Å². The van der Waals surface area contributed by atoms with Crippen molar-refractivity contribution in [3.63, 3.8) is 0 Å². The number of aliphatic hydroxyl groups excluding tert-OH is 3. The Morgan fingerprint density at radius 2 is 1.13 bits per heavy atom. The number of rotatable bonds is 6. The molecule has 0 aliphatic carbocycles. The zero-order valence-corrected chi connectivity index (χ0v) is 18.2. The van der Waals surface area contributed by atoms with E-state index >= 15 is 0 Å². The van der Waals surface area contributed by atoms with Crippen LogP contribution >= 0.6 is 0 Å². The molecule has 0 bridgehead atoms. The van der Waals surface area contributed by atoms with Crippen molar-refractivity contribution in [1.82, 2.24) is 0 Å². The van der Waals surface area contributed by atoms with Crippen LogP contribution in [0.2, 0.25) is 0 Å². The fourth-order valence-electron chi connectivity index (χ4n) is 4.55. The van der Waals surface area contributed by atoms with Crippen molar-refractivity contribution in [1.29, 1.82) is 0 Å². The Bertz CT molecular complexity index is 512. The second-order valence-electron chi connectivity index (χ2n) is 8.36. The Kier molecular flexibility index (Phi) is 8.47. The first kappa shape index (κ1) is 24.2. The largest absolute Gasteiger partial charge is 0.390 e. The van der Waals surface area contributed by atoms with Crippen molar-refractivity contribution in [3.8, 4) is 0 Å². The highest BCUT2D eigenvalue weighted by molar-refractivity contribution is 4.88. The maximum Gasteiger partial charge on any atom is 0.161 e. The van der Waals surface area contributed by atoms with E-state index in [1.165, 1.54) is 0 Å². The van der Waals surface area contributed by atoms with Gasteiger partial charge in [-0.3, -0.25) is 0 Å². The molecule has 0 aromatic heterocycles. The molecule has 10 heteroatoms. The lowest BCUT2D eigenvalue weighted by molar-refractivity contribution is -0.332. The highest BCUT2D eigenvalue weighted by atomic mass is 16.7. The lowest BCUT2D eigenvalue weighted by Crippen LogP contribution is -2.56. The van der Waals surface area contributed by atoms with E-state index < -0.39 is 55.5 Å². The van der Waals surface area contributed by atoms with Crippen molar-refractivity contribution in [2.45, 2.75) is 114 Å². The van der Waals surface area contributed by atoms with E-state index in [1.54, 1.807) is 28.1 Å². The first-order valence-electron chi connectivity index (χ1n) is 10.6. The third-order valence-electron chi connectivity index (χ3n) is 6.11. The highest BCUT2D eigenvalue weighted by Crippen LogP contribution is 2.32. The average molecular weight is 436 g/mol. The van der Waals surface area contributed by atoms with Gasteiger partial charge in [0.2, 0.25) is 0 Å². The molecular weight excluding hydrogens is 400 g/mol. The van der Waals surface area contributed by atoms with E-state index in [-0.39, 0.29) is 31.2 Å². The quantitative estimate of drug-likeness (QED) is 0.520. The molecule has 1 unspecified atom stereocenters. The summed E-state index contributed by atoms with van der Waals surface area (Å²) in [5.74, 6) is 0. The molecule has 0 aromatic rings. The summed E-state index contributed by atoms with van der Waals surface area (Å²) >= 11 is 0. The van der Waals surface area contributed by atoms with Crippen LogP contribution in [-0.4, -0.2) is 103 Å². The van der Waals surface area contributed by atoms with Crippen LogP contribution in [0.1, 0.15) is 40.0 Å². The van der Waals surface area contributed by atoms with Gasteiger partial charge in [-0.15, -0.1) is 0 Å². The molecule has 10 nitrogen and oxygen atoms in total. The van der Waals surface area contributed by atoms with Crippen LogP contribution in [0.5, 0.6) is 0 Å². The van der Waals surface area contributed by atoms with Crippen LogP contribution in [0.3, 0.4) is 0 Å². The van der Waals surface area contributed by atoms with Crippen molar-refractivity contribution < 1.29 is 48.5 Å². The topological polar surface area (TPSA) is 125 Å². The fourth-order valence-corrected chi connectivity index (χ4v) is 4.55. The molecule has 3 N–H and O–H groups in total. The summed E-state index contributed by atoms with van der Waals surface area (Å²) in [6.45, 7) is 5.40. The van der Waals surface area contributed by atoms with Gasteiger partial charge in [-0.2, -0.15) is 0 Å². The molecule has 0 aromatic carbocycles. The summed E-state index contributed by atoms with van der Waals surface area (Å²) < 4.78 is 40.0.